The third-order valence-corrected chi connectivity index (χ3v) is 5.94. The van der Waals surface area contributed by atoms with Crippen molar-refractivity contribution in [3.63, 3.8) is 0 Å². The smallest absolute Gasteiger partial charge is 0.130 e. The van der Waals surface area contributed by atoms with Crippen molar-refractivity contribution in [1.82, 2.24) is 14.5 Å². The zero-order valence-corrected chi connectivity index (χ0v) is 17.0. The van der Waals surface area contributed by atoms with E-state index in [2.05, 4.69) is 82.6 Å². The molecule has 0 radical (unpaired) electrons. The Morgan fingerprint density at radius 3 is 2.86 bits per heavy atom. The number of hydrogen-bond donors (Lipinski definition) is 1. The van der Waals surface area contributed by atoms with Crippen LogP contribution in [0.25, 0.3) is 22.2 Å². The van der Waals surface area contributed by atoms with Crippen LogP contribution >= 0.6 is 0 Å². The minimum absolute atomic E-state index is 0.307. The maximum Gasteiger partial charge on any atom is 0.130 e. The van der Waals surface area contributed by atoms with Crippen LogP contribution in [0.5, 0.6) is 0 Å². The molecule has 0 saturated heterocycles. The fraction of sp³-hybridized carbons (Fsp3) is 0.280. The van der Waals surface area contributed by atoms with Gasteiger partial charge in [0.25, 0.3) is 0 Å². The Labute approximate surface area is 171 Å². The van der Waals surface area contributed by atoms with Gasteiger partial charge < -0.3 is 9.88 Å². The molecule has 2 aromatic heterocycles. The molecule has 2 heterocycles. The first kappa shape index (κ1) is 17.9. The molecule has 1 aliphatic rings. The van der Waals surface area contributed by atoms with E-state index in [4.69, 9.17) is 4.98 Å². The molecule has 0 spiro atoms. The van der Waals surface area contributed by atoms with Crippen LogP contribution in [0, 0.1) is 6.92 Å². The van der Waals surface area contributed by atoms with E-state index in [0.717, 1.165) is 35.9 Å². The molecule has 0 saturated carbocycles. The van der Waals surface area contributed by atoms with Gasteiger partial charge in [0, 0.05) is 29.9 Å². The Morgan fingerprint density at radius 2 is 1.97 bits per heavy atom. The molecule has 0 bridgehead atoms. The normalized spacial score (nSPS) is 16.0. The molecular formula is C25H26N4. The maximum atomic E-state index is 4.73. The highest BCUT2D eigenvalue weighted by molar-refractivity contribution is 5.85. The highest BCUT2D eigenvalue weighted by Gasteiger charge is 2.20. The summed E-state index contributed by atoms with van der Waals surface area (Å²) in [5.74, 6) is 1.69. The van der Waals surface area contributed by atoms with Crippen molar-refractivity contribution in [2.45, 2.75) is 45.7 Å². The molecule has 4 nitrogen and oxygen atoms in total. The standard InChI is InChI=1S/C25H26N4/c1-3-29-14-13-19-11-12-20(15-24(19)29)23-16-25(27-17(2)26-23)28-22-10-6-8-18-7-4-5-9-21(18)22/h4-5,7,9,11-16,22H,3,6,8,10H2,1-2H3,(H,26,27,28). The number of rotatable bonds is 4. The molecule has 2 aromatic carbocycles. The number of aryl methyl sites for hydroxylation is 3. The lowest BCUT2D eigenvalue weighted by atomic mass is 9.88. The van der Waals surface area contributed by atoms with Crippen molar-refractivity contribution < 1.29 is 0 Å². The number of aromatic nitrogens is 3. The van der Waals surface area contributed by atoms with Crippen LogP contribution in [-0.2, 0) is 13.0 Å². The van der Waals surface area contributed by atoms with Gasteiger partial charge in [0.2, 0.25) is 0 Å². The van der Waals surface area contributed by atoms with Gasteiger partial charge in [-0.3, -0.25) is 0 Å². The number of benzene rings is 2. The van der Waals surface area contributed by atoms with Crippen LogP contribution in [0.1, 0.15) is 42.8 Å². The third-order valence-electron chi connectivity index (χ3n) is 5.94. The minimum Gasteiger partial charge on any atom is -0.363 e. The summed E-state index contributed by atoms with van der Waals surface area (Å²) >= 11 is 0. The predicted octanol–water partition coefficient (Wildman–Crippen LogP) is 5.92. The van der Waals surface area contributed by atoms with Crippen molar-refractivity contribution in [1.29, 1.82) is 0 Å². The van der Waals surface area contributed by atoms with Gasteiger partial charge in [-0.15, -0.1) is 0 Å². The zero-order valence-electron chi connectivity index (χ0n) is 17.0. The van der Waals surface area contributed by atoms with Crippen LogP contribution in [0.2, 0.25) is 0 Å². The van der Waals surface area contributed by atoms with Gasteiger partial charge in [-0.05, 0) is 61.8 Å². The summed E-state index contributed by atoms with van der Waals surface area (Å²) in [5, 5.41) is 4.95. The van der Waals surface area contributed by atoms with Crippen molar-refractivity contribution in [3.8, 4) is 11.3 Å². The second-order valence-corrected chi connectivity index (χ2v) is 7.85. The van der Waals surface area contributed by atoms with Crippen LogP contribution in [0.4, 0.5) is 5.82 Å². The SMILES string of the molecule is CCn1ccc2ccc(-c3cc(NC4CCCc5ccccc54)nc(C)n3)cc21. The van der Waals surface area contributed by atoms with Crippen LogP contribution in [-0.4, -0.2) is 14.5 Å². The van der Waals surface area contributed by atoms with Gasteiger partial charge in [0.05, 0.1) is 11.7 Å². The summed E-state index contributed by atoms with van der Waals surface area (Å²) in [5.41, 5.74) is 6.20. The number of nitrogens with zero attached hydrogens (tertiary/aromatic N) is 3. The van der Waals surface area contributed by atoms with Crippen molar-refractivity contribution >= 4 is 16.7 Å². The van der Waals surface area contributed by atoms with Gasteiger partial charge in [0.1, 0.15) is 11.6 Å². The fourth-order valence-electron chi connectivity index (χ4n) is 4.49. The van der Waals surface area contributed by atoms with E-state index >= 15 is 0 Å². The largest absolute Gasteiger partial charge is 0.363 e. The van der Waals surface area contributed by atoms with E-state index in [1.807, 2.05) is 6.92 Å². The van der Waals surface area contributed by atoms with Crippen LogP contribution < -0.4 is 5.32 Å². The Morgan fingerprint density at radius 1 is 1.07 bits per heavy atom. The summed E-state index contributed by atoms with van der Waals surface area (Å²) in [6.45, 7) is 5.10. The quantitative estimate of drug-likeness (QED) is 0.477. The van der Waals surface area contributed by atoms with E-state index in [-0.39, 0.29) is 0 Å². The van der Waals surface area contributed by atoms with E-state index < -0.39 is 0 Å². The van der Waals surface area contributed by atoms with Crippen LogP contribution in [0.3, 0.4) is 0 Å². The molecule has 1 atom stereocenters. The summed E-state index contributed by atoms with van der Waals surface area (Å²) in [4.78, 5) is 9.41. The zero-order chi connectivity index (χ0) is 19.8. The van der Waals surface area contributed by atoms with Crippen molar-refractivity contribution in [2.75, 3.05) is 5.32 Å². The molecule has 1 N–H and O–H groups in total. The lowest BCUT2D eigenvalue weighted by molar-refractivity contribution is 0.598. The Hall–Kier alpha value is -3.14. The third kappa shape index (κ3) is 3.39. The number of nitrogens with one attached hydrogen (secondary N) is 1. The minimum atomic E-state index is 0.307. The predicted molar refractivity (Wildman–Crippen MR) is 119 cm³/mol. The van der Waals surface area contributed by atoms with Gasteiger partial charge in [-0.1, -0.05) is 36.4 Å². The Bertz CT molecular complexity index is 1170. The molecule has 4 aromatic rings. The highest BCUT2D eigenvalue weighted by Crippen LogP contribution is 2.33. The summed E-state index contributed by atoms with van der Waals surface area (Å²) in [6, 6.07) is 19.9. The molecule has 5 rings (SSSR count). The molecule has 0 aliphatic heterocycles. The number of fused-ring (bicyclic) bond motifs is 2. The Kier molecular flexibility index (Phi) is 4.55. The lowest BCUT2D eigenvalue weighted by Crippen LogP contribution is -2.18. The van der Waals surface area contributed by atoms with Gasteiger partial charge in [0.15, 0.2) is 0 Å². The van der Waals surface area contributed by atoms with Gasteiger partial charge >= 0.3 is 0 Å². The summed E-state index contributed by atoms with van der Waals surface area (Å²) in [7, 11) is 0. The maximum absolute atomic E-state index is 4.73. The molecule has 29 heavy (non-hydrogen) atoms. The van der Waals surface area contributed by atoms with E-state index in [1.165, 1.54) is 34.9 Å². The van der Waals surface area contributed by atoms with Gasteiger partial charge in [-0.2, -0.15) is 0 Å². The molecule has 4 heteroatoms. The highest BCUT2D eigenvalue weighted by atomic mass is 15.0. The first-order chi connectivity index (χ1) is 14.2. The van der Waals surface area contributed by atoms with Gasteiger partial charge in [-0.25, -0.2) is 9.97 Å². The summed E-state index contributed by atoms with van der Waals surface area (Å²) in [6.07, 6.45) is 5.65. The second-order valence-electron chi connectivity index (χ2n) is 7.85. The molecule has 146 valence electrons. The average molecular weight is 383 g/mol. The molecular weight excluding hydrogens is 356 g/mol. The Balaban J connectivity index is 1.50. The fourth-order valence-corrected chi connectivity index (χ4v) is 4.49. The molecule has 0 fully saturated rings. The number of anilines is 1. The second kappa shape index (κ2) is 7.36. The van der Waals surface area contributed by atoms with E-state index in [0.29, 0.717) is 6.04 Å². The first-order valence-corrected chi connectivity index (χ1v) is 10.5. The molecule has 0 amide bonds. The number of hydrogen-bond acceptors (Lipinski definition) is 3. The van der Waals surface area contributed by atoms with Crippen LogP contribution in [0.15, 0.2) is 60.8 Å². The topological polar surface area (TPSA) is 42.7 Å². The van der Waals surface area contributed by atoms with Crippen molar-refractivity contribution in [2.24, 2.45) is 0 Å². The summed E-state index contributed by atoms with van der Waals surface area (Å²) < 4.78 is 2.27. The average Bonchev–Trinajstić information content (AvgIpc) is 3.16. The molecule has 1 unspecified atom stereocenters. The van der Waals surface area contributed by atoms with E-state index in [9.17, 15) is 0 Å². The van der Waals surface area contributed by atoms with Crippen molar-refractivity contribution in [3.05, 3.63) is 77.7 Å². The lowest BCUT2D eigenvalue weighted by Gasteiger charge is -2.27. The molecule has 1 aliphatic carbocycles. The first-order valence-electron chi connectivity index (χ1n) is 10.5. The monoisotopic (exact) mass is 382 g/mol. The van der Waals surface area contributed by atoms with E-state index in [1.54, 1.807) is 0 Å².